The summed E-state index contributed by atoms with van der Waals surface area (Å²) >= 11 is 4.88. The maximum absolute atomic E-state index is 9.94. The zero-order valence-electron chi connectivity index (χ0n) is 11.2. The van der Waals surface area contributed by atoms with Gasteiger partial charge in [-0.2, -0.15) is 5.10 Å². The van der Waals surface area contributed by atoms with Gasteiger partial charge in [-0.25, -0.2) is 0 Å². The molecule has 0 aliphatic heterocycles. The number of ether oxygens (including phenoxy) is 1. The van der Waals surface area contributed by atoms with Crippen molar-refractivity contribution in [3.05, 3.63) is 34.9 Å². The number of nitrogens with one attached hydrogen (secondary N) is 3. The maximum Gasteiger partial charge on any atom is 0.192 e. The molecule has 0 spiro atoms. The van der Waals surface area contributed by atoms with Crippen molar-refractivity contribution in [3.8, 4) is 5.75 Å². The molecular weight excluding hydrogens is 276 g/mol. The Morgan fingerprint density at radius 1 is 1.50 bits per heavy atom. The highest BCUT2D eigenvalue weighted by Gasteiger charge is 2.08. The van der Waals surface area contributed by atoms with E-state index in [1.54, 1.807) is 0 Å². The first kappa shape index (κ1) is 14.5. The second kappa shape index (κ2) is 7.06. The smallest absolute Gasteiger partial charge is 0.192 e. The van der Waals surface area contributed by atoms with Gasteiger partial charge in [0.1, 0.15) is 11.6 Å². The minimum absolute atomic E-state index is 0.408. The summed E-state index contributed by atoms with van der Waals surface area (Å²) in [5, 5.41) is 19.7. The zero-order chi connectivity index (χ0) is 14.4. The Hall–Kier alpha value is -1.86. The van der Waals surface area contributed by atoms with Crippen LogP contribution in [0.4, 0.5) is 5.69 Å². The average Bonchev–Trinajstić information content (AvgIpc) is 2.83. The van der Waals surface area contributed by atoms with Gasteiger partial charge in [0.2, 0.25) is 0 Å². The van der Waals surface area contributed by atoms with Crippen molar-refractivity contribution in [2.45, 2.75) is 19.4 Å². The molecule has 0 aliphatic rings. The molecule has 1 heterocycles. The summed E-state index contributed by atoms with van der Waals surface area (Å²) in [5.41, 5.74) is 0.907. The van der Waals surface area contributed by atoms with Crippen molar-refractivity contribution in [2.24, 2.45) is 0 Å². The Bertz CT molecular complexity index is 596. The van der Waals surface area contributed by atoms with Crippen molar-refractivity contribution in [2.75, 3.05) is 18.5 Å². The summed E-state index contributed by atoms with van der Waals surface area (Å²) in [6, 6.07) is 7.63. The predicted molar refractivity (Wildman–Crippen MR) is 79.6 cm³/mol. The number of aromatic nitrogens is 3. The van der Waals surface area contributed by atoms with Crippen molar-refractivity contribution in [3.63, 3.8) is 0 Å². The van der Waals surface area contributed by atoms with Gasteiger partial charge in [-0.3, -0.25) is 5.10 Å². The summed E-state index contributed by atoms with van der Waals surface area (Å²) in [5.74, 6) is 1.45. The van der Waals surface area contributed by atoms with Gasteiger partial charge < -0.3 is 20.1 Å². The van der Waals surface area contributed by atoms with Crippen LogP contribution in [0.25, 0.3) is 0 Å². The SMILES string of the molecule is CCOc1cccc(NCC(O)Cc2n[nH]c(=S)[nH]2)c1. The highest BCUT2D eigenvalue weighted by Crippen LogP contribution is 2.17. The standard InChI is InChI=1S/C13H18N4O2S/c1-2-19-11-5-3-4-9(6-11)14-8-10(18)7-12-15-13(20)17-16-12/h3-6,10,14,18H,2,7-8H2,1H3,(H2,15,16,17,20). The molecule has 0 saturated carbocycles. The molecule has 4 N–H and O–H groups in total. The van der Waals surface area contributed by atoms with E-state index in [0.717, 1.165) is 11.4 Å². The molecule has 20 heavy (non-hydrogen) atoms. The number of aliphatic hydroxyl groups is 1. The number of hydrogen-bond acceptors (Lipinski definition) is 5. The van der Waals surface area contributed by atoms with Crippen LogP contribution in [0.2, 0.25) is 0 Å². The Labute approximate surface area is 122 Å². The Balaban J connectivity index is 1.84. The lowest BCUT2D eigenvalue weighted by Gasteiger charge is -2.12. The van der Waals surface area contributed by atoms with Gasteiger partial charge in [0.15, 0.2) is 4.77 Å². The van der Waals surface area contributed by atoms with Crippen LogP contribution in [-0.4, -0.2) is 39.5 Å². The molecule has 0 amide bonds. The number of nitrogens with zero attached hydrogens (tertiary/aromatic N) is 1. The Morgan fingerprint density at radius 2 is 2.35 bits per heavy atom. The highest BCUT2D eigenvalue weighted by atomic mass is 32.1. The van der Waals surface area contributed by atoms with Crippen LogP contribution in [0.3, 0.4) is 0 Å². The van der Waals surface area contributed by atoms with E-state index in [0.29, 0.717) is 30.2 Å². The normalized spacial score (nSPS) is 12.1. The van der Waals surface area contributed by atoms with Gasteiger partial charge in [0, 0.05) is 24.7 Å². The first-order valence-corrected chi connectivity index (χ1v) is 6.86. The lowest BCUT2D eigenvalue weighted by atomic mass is 10.2. The number of aromatic amines is 2. The third kappa shape index (κ3) is 4.36. The Morgan fingerprint density at radius 3 is 3.05 bits per heavy atom. The van der Waals surface area contributed by atoms with Crippen LogP contribution < -0.4 is 10.1 Å². The fourth-order valence-electron chi connectivity index (χ4n) is 1.80. The first-order chi connectivity index (χ1) is 9.67. The van der Waals surface area contributed by atoms with Crippen molar-refractivity contribution < 1.29 is 9.84 Å². The fourth-order valence-corrected chi connectivity index (χ4v) is 1.96. The molecule has 2 aromatic rings. The van der Waals surface area contributed by atoms with Crippen LogP contribution in [-0.2, 0) is 6.42 Å². The van der Waals surface area contributed by atoms with Crippen LogP contribution in [0, 0.1) is 4.77 Å². The molecule has 108 valence electrons. The molecule has 0 aliphatic carbocycles. The molecule has 6 nitrogen and oxygen atoms in total. The summed E-state index contributed by atoms with van der Waals surface area (Å²) in [4.78, 5) is 2.87. The molecule has 2 rings (SSSR count). The average molecular weight is 294 g/mol. The number of H-pyrrole nitrogens is 2. The van der Waals surface area contributed by atoms with Crippen LogP contribution in [0.15, 0.2) is 24.3 Å². The minimum atomic E-state index is -0.556. The fraction of sp³-hybridized carbons (Fsp3) is 0.385. The van der Waals surface area contributed by atoms with Gasteiger partial charge in [-0.15, -0.1) is 0 Å². The summed E-state index contributed by atoms with van der Waals surface area (Å²) in [6.07, 6.45) is -0.148. The van der Waals surface area contributed by atoms with E-state index >= 15 is 0 Å². The number of anilines is 1. The van der Waals surface area contributed by atoms with Gasteiger partial charge in [-0.05, 0) is 31.3 Å². The second-order valence-corrected chi connectivity index (χ2v) is 4.73. The van der Waals surface area contributed by atoms with Gasteiger partial charge >= 0.3 is 0 Å². The summed E-state index contributed by atoms with van der Waals surface area (Å²) < 4.78 is 5.88. The summed E-state index contributed by atoms with van der Waals surface area (Å²) in [7, 11) is 0. The van der Waals surface area contributed by atoms with Gasteiger partial charge in [0.25, 0.3) is 0 Å². The van der Waals surface area contributed by atoms with Crippen molar-refractivity contribution >= 4 is 17.9 Å². The van der Waals surface area contributed by atoms with Crippen LogP contribution >= 0.6 is 12.2 Å². The van der Waals surface area contributed by atoms with Crippen LogP contribution in [0.1, 0.15) is 12.7 Å². The van der Waals surface area contributed by atoms with E-state index in [1.807, 2.05) is 31.2 Å². The van der Waals surface area contributed by atoms with E-state index in [1.165, 1.54) is 0 Å². The molecule has 0 fully saturated rings. The lowest BCUT2D eigenvalue weighted by molar-refractivity contribution is 0.185. The van der Waals surface area contributed by atoms with Gasteiger partial charge in [-0.1, -0.05) is 6.07 Å². The van der Waals surface area contributed by atoms with E-state index in [2.05, 4.69) is 20.5 Å². The molecule has 1 unspecified atom stereocenters. The third-order valence-electron chi connectivity index (χ3n) is 2.67. The lowest BCUT2D eigenvalue weighted by Crippen LogP contribution is -2.22. The van der Waals surface area contributed by atoms with Gasteiger partial charge in [0.05, 0.1) is 12.7 Å². The van der Waals surface area contributed by atoms with E-state index in [4.69, 9.17) is 17.0 Å². The predicted octanol–water partition coefficient (Wildman–Crippen LogP) is 1.88. The molecule has 1 aromatic carbocycles. The molecule has 1 aromatic heterocycles. The molecule has 7 heteroatoms. The maximum atomic E-state index is 9.94. The van der Waals surface area contributed by atoms with Crippen molar-refractivity contribution in [1.29, 1.82) is 0 Å². The topological polar surface area (TPSA) is 86.0 Å². The van der Waals surface area contributed by atoms with Crippen LogP contribution in [0.5, 0.6) is 5.75 Å². The Kier molecular flexibility index (Phi) is 5.14. The van der Waals surface area contributed by atoms with E-state index in [9.17, 15) is 5.11 Å². The number of hydrogen-bond donors (Lipinski definition) is 4. The molecule has 0 bridgehead atoms. The first-order valence-electron chi connectivity index (χ1n) is 6.45. The van der Waals surface area contributed by atoms with E-state index in [-0.39, 0.29) is 0 Å². The quantitative estimate of drug-likeness (QED) is 0.586. The zero-order valence-corrected chi connectivity index (χ0v) is 12.0. The monoisotopic (exact) mass is 294 g/mol. The van der Waals surface area contributed by atoms with E-state index < -0.39 is 6.10 Å². The number of aliphatic hydroxyl groups excluding tert-OH is 1. The molecular formula is C13H18N4O2S. The minimum Gasteiger partial charge on any atom is -0.494 e. The largest absolute Gasteiger partial charge is 0.494 e. The second-order valence-electron chi connectivity index (χ2n) is 4.32. The molecule has 1 atom stereocenters. The molecule has 0 radical (unpaired) electrons. The number of benzene rings is 1. The molecule has 0 saturated heterocycles. The number of rotatable bonds is 7. The summed E-state index contributed by atoms with van der Waals surface area (Å²) in [6.45, 7) is 2.99. The third-order valence-corrected chi connectivity index (χ3v) is 2.86. The van der Waals surface area contributed by atoms with Crippen molar-refractivity contribution in [1.82, 2.24) is 15.2 Å². The highest BCUT2D eigenvalue weighted by molar-refractivity contribution is 7.71.